The summed E-state index contributed by atoms with van der Waals surface area (Å²) in [5.74, 6) is -0.259. The van der Waals surface area contributed by atoms with Gasteiger partial charge in [-0.3, -0.25) is 0 Å². The zero-order chi connectivity index (χ0) is 13.9. The fourth-order valence-corrected chi connectivity index (χ4v) is 1.68. The van der Waals surface area contributed by atoms with E-state index in [1.54, 1.807) is 0 Å². The van der Waals surface area contributed by atoms with Gasteiger partial charge in [0.05, 0.1) is 5.60 Å². The van der Waals surface area contributed by atoms with Gasteiger partial charge in [-0.15, -0.1) is 0 Å². The first-order valence-electron chi connectivity index (χ1n) is 6.39. The number of carbonyl (C=O) groups is 1. The molecule has 102 valence electrons. The second-order valence-corrected chi connectivity index (χ2v) is 6.42. The van der Waals surface area contributed by atoms with Crippen molar-refractivity contribution in [2.75, 3.05) is 0 Å². The van der Waals surface area contributed by atoms with Crippen LogP contribution in [0, 0.1) is 0 Å². The van der Waals surface area contributed by atoms with E-state index in [4.69, 9.17) is 9.47 Å². The van der Waals surface area contributed by atoms with Gasteiger partial charge in [-0.05, 0) is 54.4 Å². The summed E-state index contributed by atoms with van der Waals surface area (Å²) in [7, 11) is 0. The molecular formula is C14H28O3. The average molecular weight is 244 g/mol. The van der Waals surface area contributed by atoms with E-state index < -0.39 is 11.2 Å². The minimum Gasteiger partial charge on any atom is -0.458 e. The highest BCUT2D eigenvalue weighted by molar-refractivity contribution is 5.80. The van der Waals surface area contributed by atoms with Crippen molar-refractivity contribution in [3.8, 4) is 0 Å². The van der Waals surface area contributed by atoms with Crippen molar-refractivity contribution < 1.29 is 14.3 Å². The lowest BCUT2D eigenvalue weighted by Gasteiger charge is -2.38. The van der Waals surface area contributed by atoms with Crippen LogP contribution in [0.2, 0.25) is 0 Å². The third kappa shape index (κ3) is 5.53. The Kier molecular flexibility index (Phi) is 5.20. The summed E-state index contributed by atoms with van der Waals surface area (Å²) in [6.45, 7) is 15.4. The van der Waals surface area contributed by atoms with Crippen LogP contribution in [0.25, 0.3) is 0 Å². The van der Waals surface area contributed by atoms with Gasteiger partial charge >= 0.3 is 5.97 Å². The molecule has 17 heavy (non-hydrogen) atoms. The summed E-state index contributed by atoms with van der Waals surface area (Å²) in [6.07, 6.45) is 1.24. The molecule has 0 aliphatic carbocycles. The molecule has 0 aromatic carbocycles. The average Bonchev–Trinajstić information content (AvgIpc) is 2.09. The van der Waals surface area contributed by atoms with Crippen LogP contribution in [-0.4, -0.2) is 22.8 Å². The molecule has 0 aromatic heterocycles. The Morgan fingerprint density at radius 3 is 1.53 bits per heavy atom. The Balaban J connectivity index is 5.01. The zero-order valence-electron chi connectivity index (χ0n) is 12.6. The van der Waals surface area contributed by atoms with Gasteiger partial charge in [0.15, 0.2) is 5.60 Å². The molecule has 0 saturated heterocycles. The Bertz CT molecular complexity index is 252. The standard InChI is InChI=1S/C14H28O3/c1-9-14(10-2,17-13(6,7)8)11(15)16-12(3,4)5/h9-10H2,1-8H3. The molecule has 0 bridgehead atoms. The van der Waals surface area contributed by atoms with Crippen LogP contribution in [0.1, 0.15) is 68.2 Å². The van der Waals surface area contributed by atoms with E-state index in [0.717, 1.165) is 0 Å². The van der Waals surface area contributed by atoms with Gasteiger partial charge < -0.3 is 9.47 Å². The second kappa shape index (κ2) is 5.38. The van der Waals surface area contributed by atoms with Gasteiger partial charge in [-0.1, -0.05) is 13.8 Å². The fourth-order valence-electron chi connectivity index (χ4n) is 1.68. The fraction of sp³-hybridized carbons (Fsp3) is 0.929. The topological polar surface area (TPSA) is 35.5 Å². The first-order valence-corrected chi connectivity index (χ1v) is 6.39. The monoisotopic (exact) mass is 244 g/mol. The molecule has 0 unspecified atom stereocenters. The minimum absolute atomic E-state index is 0.259. The molecule has 0 heterocycles. The van der Waals surface area contributed by atoms with Crippen LogP contribution in [0.3, 0.4) is 0 Å². The number of esters is 1. The molecular weight excluding hydrogens is 216 g/mol. The summed E-state index contributed by atoms with van der Waals surface area (Å²) >= 11 is 0. The van der Waals surface area contributed by atoms with Crippen molar-refractivity contribution in [2.45, 2.75) is 85.0 Å². The van der Waals surface area contributed by atoms with Crippen LogP contribution in [0.4, 0.5) is 0 Å². The summed E-state index contributed by atoms with van der Waals surface area (Å²) in [4.78, 5) is 12.3. The third-order valence-corrected chi connectivity index (χ3v) is 2.41. The van der Waals surface area contributed by atoms with Gasteiger partial charge in [0.1, 0.15) is 5.60 Å². The minimum atomic E-state index is -0.828. The number of rotatable bonds is 4. The van der Waals surface area contributed by atoms with Crippen molar-refractivity contribution in [3.63, 3.8) is 0 Å². The zero-order valence-corrected chi connectivity index (χ0v) is 12.6. The van der Waals surface area contributed by atoms with E-state index in [-0.39, 0.29) is 11.6 Å². The number of hydrogen-bond acceptors (Lipinski definition) is 3. The number of ether oxygens (including phenoxy) is 2. The Hall–Kier alpha value is -0.570. The van der Waals surface area contributed by atoms with Crippen LogP contribution in [0.5, 0.6) is 0 Å². The first-order chi connectivity index (χ1) is 7.46. The normalized spacial score (nSPS) is 13.6. The molecule has 0 amide bonds. The molecule has 0 radical (unpaired) electrons. The predicted molar refractivity (Wildman–Crippen MR) is 70.0 cm³/mol. The smallest absolute Gasteiger partial charge is 0.338 e. The van der Waals surface area contributed by atoms with Gasteiger partial charge in [-0.2, -0.15) is 0 Å². The lowest BCUT2D eigenvalue weighted by Crippen LogP contribution is -2.48. The largest absolute Gasteiger partial charge is 0.458 e. The third-order valence-electron chi connectivity index (χ3n) is 2.41. The van der Waals surface area contributed by atoms with Gasteiger partial charge in [0, 0.05) is 0 Å². The van der Waals surface area contributed by atoms with Crippen LogP contribution >= 0.6 is 0 Å². The van der Waals surface area contributed by atoms with Crippen LogP contribution in [-0.2, 0) is 14.3 Å². The Labute approximate surface area is 106 Å². The van der Waals surface area contributed by atoms with Gasteiger partial charge in [0.2, 0.25) is 0 Å². The Morgan fingerprint density at radius 2 is 1.29 bits per heavy atom. The van der Waals surface area contributed by atoms with Gasteiger partial charge in [-0.25, -0.2) is 4.79 Å². The van der Waals surface area contributed by atoms with E-state index in [1.165, 1.54) is 0 Å². The maximum atomic E-state index is 12.3. The van der Waals surface area contributed by atoms with Crippen molar-refractivity contribution in [1.82, 2.24) is 0 Å². The molecule has 3 heteroatoms. The number of carbonyl (C=O) groups excluding carboxylic acids is 1. The highest BCUT2D eigenvalue weighted by atomic mass is 16.6. The molecule has 0 saturated carbocycles. The van der Waals surface area contributed by atoms with E-state index in [1.807, 2.05) is 55.4 Å². The molecule has 0 N–H and O–H groups in total. The van der Waals surface area contributed by atoms with Crippen molar-refractivity contribution in [2.24, 2.45) is 0 Å². The summed E-state index contributed by atoms with van der Waals surface area (Å²) in [6, 6.07) is 0. The van der Waals surface area contributed by atoms with E-state index in [0.29, 0.717) is 12.8 Å². The van der Waals surface area contributed by atoms with E-state index in [9.17, 15) is 4.79 Å². The predicted octanol–water partition coefficient (Wildman–Crippen LogP) is 3.70. The quantitative estimate of drug-likeness (QED) is 0.707. The van der Waals surface area contributed by atoms with E-state index >= 15 is 0 Å². The lowest BCUT2D eigenvalue weighted by atomic mass is 9.95. The molecule has 0 aliphatic heterocycles. The molecule has 0 spiro atoms. The highest BCUT2D eigenvalue weighted by Gasteiger charge is 2.42. The van der Waals surface area contributed by atoms with Gasteiger partial charge in [0.25, 0.3) is 0 Å². The molecule has 0 aliphatic rings. The first kappa shape index (κ1) is 16.4. The second-order valence-electron chi connectivity index (χ2n) is 6.42. The van der Waals surface area contributed by atoms with E-state index in [2.05, 4.69) is 0 Å². The summed E-state index contributed by atoms with van der Waals surface area (Å²) in [5.41, 5.74) is -1.66. The number of hydrogen-bond donors (Lipinski definition) is 0. The van der Waals surface area contributed by atoms with Crippen molar-refractivity contribution >= 4 is 5.97 Å². The summed E-state index contributed by atoms with van der Waals surface area (Å²) < 4.78 is 11.4. The Morgan fingerprint density at radius 1 is 0.882 bits per heavy atom. The molecule has 0 rings (SSSR count). The lowest BCUT2D eigenvalue weighted by molar-refractivity contribution is -0.202. The maximum Gasteiger partial charge on any atom is 0.338 e. The molecule has 3 nitrogen and oxygen atoms in total. The summed E-state index contributed by atoms with van der Waals surface area (Å²) in [5, 5.41) is 0. The van der Waals surface area contributed by atoms with Crippen molar-refractivity contribution in [1.29, 1.82) is 0 Å². The molecule has 0 fully saturated rings. The molecule has 0 atom stereocenters. The highest BCUT2D eigenvalue weighted by Crippen LogP contribution is 2.30. The molecule has 0 aromatic rings. The van der Waals surface area contributed by atoms with Crippen LogP contribution in [0.15, 0.2) is 0 Å². The van der Waals surface area contributed by atoms with Crippen LogP contribution < -0.4 is 0 Å². The maximum absolute atomic E-state index is 12.3. The van der Waals surface area contributed by atoms with Crippen molar-refractivity contribution in [3.05, 3.63) is 0 Å². The SMILES string of the molecule is CCC(CC)(OC(C)(C)C)C(=O)OC(C)(C)C.